The van der Waals surface area contributed by atoms with E-state index in [1.807, 2.05) is 66.7 Å². The fourth-order valence-corrected chi connectivity index (χ4v) is 3.13. The van der Waals surface area contributed by atoms with Crippen molar-refractivity contribution in [2.24, 2.45) is 0 Å². The summed E-state index contributed by atoms with van der Waals surface area (Å²) >= 11 is 0. The molecule has 0 aliphatic heterocycles. The molecule has 0 radical (unpaired) electrons. The standard InChI is InChI=1S/C26H24N2O3/c1-18(2)20-10-14-23(15-11-20)30-22-12-8-19(9-13-22)17-27-26(29)24-16-25(31-28-24)21-6-4-3-5-7-21/h3-16,18H,17H2,1-2H3,(H,27,29). The Morgan fingerprint density at radius 2 is 1.58 bits per heavy atom. The van der Waals surface area contributed by atoms with E-state index in [4.69, 9.17) is 9.26 Å². The third-order valence-corrected chi connectivity index (χ3v) is 4.96. The summed E-state index contributed by atoms with van der Waals surface area (Å²) in [5, 5.41) is 6.74. The first-order chi connectivity index (χ1) is 15.1. The molecule has 0 aliphatic rings. The van der Waals surface area contributed by atoms with Gasteiger partial charge in [-0.05, 0) is 41.3 Å². The Hall–Kier alpha value is -3.86. The molecule has 3 aromatic carbocycles. The molecule has 1 amide bonds. The van der Waals surface area contributed by atoms with E-state index in [0.717, 1.165) is 22.6 Å². The zero-order chi connectivity index (χ0) is 21.6. The van der Waals surface area contributed by atoms with E-state index in [1.54, 1.807) is 6.07 Å². The summed E-state index contributed by atoms with van der Waals surface area (Å²) < 4.78 is 11.2. The lowest BCUT2D eigenvalue weighted by molar-refractivity contribution is 0.0942. The van der Waals surface area contributed by atoms with Gasteiger partial charge in [0, 0.05) is 18.2 Å². The van der Waals surface area contributed by atoms with Crippen LogP contribution in [-0.2, 0) is 6.54 Å². The molecule has 156 valence electrons. The molecule has 31 heavy (non-hydrogen) atoms. The van der Waals surface area contributed by atoms with Crippen molar-refractivity contribution in [3.05, 3.63) is 102 Å². The van der Waals surface area contributed by atoms with Gasteiger partial charge in [0.05, 0.1) is 0 Å². The molecule has 5 nitrogen and oxygen atoms in total. The summed E-state index contributed by atoms with van der Waals surface area (Å²) in [5.41, 5.74) is 3.37. The summed E-state index contributed by atoms with van der Waals surface area (Å²) in [4.78, 5) is 12.4. The lowest BCUT2D eigenvalue weighted by atomic mass is 10.0. The van der Waals surface area contributed by atoms with E-state index in [2.05, 4.69) is 36.5 Å². The SMILES string of the molecule is CC(C)c1ccc(Oc2ccc(CNC(=O)c3cc(-c4ccccc4)on3)cc2)cc1. The molecule has 0 saturated heterocycles. The van der Waals surface area contributed by atoms with Crippen molar-refractivity contribution in [2.75, 3.05) is 0 Å². The predicted molar refractivity (Wildman–Crippen MR) is 120 cm³/mol. The van der Waals surface area contributed by atoms with Gasteiger partial charge < -0.3 is 14.6 Å². The van der Waals surface area contributed by atoms with Crippen molar-refractivity contribution in [3.8, 4) is 22.8 Å². The summed E-state index contributed by atoms with van der Waals surface area (Å²) in [6.45, 7) is 4.71. The first kappa shape index (κ1) is 20.4. The number of hydrogen-bond acceptors (Lipinski definition) is 4. The van der Waals surface area contributed by atoms with Gasteiger partial charge in [0.2, 0.25) is 0 Å². The summed E-state index contributed by atoms with van der Waals surface area (Å²) in [6.07, 6.45) is 0. The molecule has 0 saturated carbocycles. The van der Waals surface area contributed by atoms with Gasteiger partial charge in [0.15, 0.2) is 11.5 Å². The molecule has 5 heteroatoms. The van der Waals surface area contributed by atoms with Crippen LogP contribution in [-0.4, -0.2) is 11.1 Å². The Morgan fingerprint density at radius 3 is 2.23 bits per heavy atom. The van der Waals surface area contributed by atoms with Gasteiger partial charge in [-0.2, -0.15) is 0 Å². The minimum absolute atomic E-state index is 0.253. The Labute approximate surface area is 181 Å². The van der Waals surface area contributed by atoms with Gasteiger partial charge in [-0.15, -0.1) is 0 Å². The van der Waals surface area contributed by atoms with Crippen LogP contribution in [0.3, 0.4) is 0 Å². The number of amides is 1. The Kier molecular flexibility index (Phi) is 6.13. The first-order valence-electron chi connectivity index (χ1n) is 10.3. The highest BCUT2D eigenvalue weighted by atomic mass is 16.5. The van der Waals surface area contributed by atoms with Crippen LogP contribution >= 0.6 is 0 Å². The second-order valence-corrected chi connectivity index (χ2v) is 7.59. The van der Waals surface area contributed by atoms with Crippen LogP contribution in [0.4, 0.5) is 0 Å². The molecule has 0 atom stereocenters. The Morgan fingerprint density at radius 1 is 0.935 bits per heavy atom. The van der Waals surface area contributed by atoms with Crippen molar-refractivity contribution in [3.63, 3.8) is 0 Å². The zero-order valence-electron chi connectivity index (χ0n) is 17.5. The molecule has 4 rings (SSSR count). The minimum atomic E-state index is -0.281. The molecule has 0 unspecified atom stereocenters. The van der Waals surface area contributed by atoms with Gasteiger partial charge >= 0.3 is 0 Å². The number of ether oxygens (including phenoxy) is 1. The number of carbonyl (C=O) groups is 1. The number of hydrogen-bond donors (Lipinski definition) is 1. The van der Waals surface area contributed by atoms with Gasteiger partial charge in [-0.3, -0.25) is 4.79 Å². The summed E-state index contributed by atoms with van der Waals surface area (Å²) in [5.74, 6) is 2.32. The number of rotatable bonds is 7. The average Bonchev–Trinajstić information content (AvgIpc) is 3.30. The van der Waals surface area contributed by atoms with E-state index in [0.29, 0.717) is 18.2 Å². The quantitative estimate of drug-likeness (QED) is 0.393. The van der Waals surface area contributed by atoms with Crippen LogP contribution in [0.15, 0.2) is 89.5 Å². The van der Waals surface area contributed by atoms with Crippen molar-refractivity contribution in [1.29, 1.82) is 0 Å². The van der Waals surface area contributed by atoms with Gasteiger partial charge in [0.1, 0.15) is 11.5 Å². The van der Waals surface area contributed by atoms with Gasteiger partial charge in [0.25, 0.3) is 5.91 Å². The number of nitrogens with zero attached hydrogens (tertiary/aromatic N) is 1. The van der Waals surface area contributed by atoms with E-state index in [9.17, 15) is 4.79 Å². The normalized spacial score (nSPS) is 10.8. The number of carbonyl (C=O) groups excluding carboxylic acids is 1. The van der Waals surface area contributed by atoms with E-state index < -0.39 is 0 Å². The van der Waals surface area contributed by atoms with Gasteiger partial charge in [-0.1, -0.05) is 73.6 Å². The van der Waals surface area contributed by atoms with Crippen LogP contribution in [0.5, 0.6) is 11.5 Å². The van der Waals surface area contributed by atoms with Crippen molar-refractivity contribution in [1.82, 2.24) is 10.5 Å². The van der Waals surface area contributed by atoms with E-state index >= 15 is 0 Å². The zero-order valence-corrected chi connectivity index (χ0v) is 17.5. The molecule has 0 spiro atoms. The Balaban J connectivity index is 1.32. The second-order valence-electron chi connectivity index (χ2n) is 7.59. The van der Waals surface area contributed by atoms with Crippen molar-refractivity contribution < 1.29 is 14.1 Å². The predicted octanol–water partition coefficient (Wildman–Crippen LogP) is 6.19. The molecule has 1 heterocycles. The summed E-state index contributed by atoms with van der Waals surface area (Å²) in [7, 11) is 0. The lowest BCUT2D eigenvalue weighted by Gasteiger charge is -2.09. The molecular formula is C26H24N2O3. The molecule has 1 aromatic heterocycles. The van der Waals surface area contributed by atoms with Crippen LogP contribution < -0.4 is 10.1 Å². The lowest BCUT2D eigenvalue weighted by Crippen LogP contribution is -2.22. The van der Waals surface area contributed by atoms with Crippen molar-refractivity contribution >= 4 is 5.91 Å². The fraction of sp³-hybridized carbons (Fsp3) is 0.154. The highest BCUT2D eigenvalue weighted by Crippen LogP contribution is 2.24. The van der Waals surface area contributed by atoms with E-state index in [1.165, 1.54) is 5.56 Å². The largest absolute Gasteiger partial charge is 0.457 e. The third kappa shape index (κ3) is 5.20. The average molecular weight is 412 g/mol. The molecule has 0 fully saturated rings. The maximum Gasteiger partial charge on any atom is 0.273 e. The molecule has 4 aromatic rings. The summed E-state index contributed by atoms with van der Waals surface area (Å²) in [6, 6.07) is 26.9. The molecule has 0 aliphatic carbocycles. The maximum atomic E-state index is 12.4. The highest BCUT2D eigenvalue weighted by Gasteiger charge is 2.13. The number of benzene rings is 3. The van der Waals surface area contributed by atoms with E-state index in [-0.39, 0.29) is 11.6 Å². The van der Waals surface area contributed by atoms with Crippen LogP contribution in [0.25, 0.3) is 11.3 Å². The van der Waals surface area contributed by atoms with Crippen LogP contribution in [0, 0.1) is 0 Å². The highest BCUT2D eigenvalue weighted by molar-refractivity contribution is 5.93. The topological polar surface area (TPSA) is 64.4 Å². The number of aromatic nitrogens is 1. The van der Waals surface area contributed by atoms with Gasteiger partial charge in [-0.25, -0.2) is 0 Å². The Bertz CT molecular complexity index is 1130. The van der Waals surface area contributed by atoms with Crippen molar-refractivity contribution in [2.45, 2.75) is 26.3 Å². The second kappa shape index (κ2) is 9.30. The molecular weight excluding hydrogens is 388 g/mol. The molecule has 1 N–H and O–H groups in total. The van der Waals surface area contributed by atoms with Crippen LogP contribution in [0.1, 0.15) is 41.4 Å². The van der Waals surface area contributed by atoms with Crippen LogP contribution in [0.2, 0.25) is 0 Å². The number of nitrogens with one attached hydrogen (secondary N) is 1. The minimum Gasteiger partial charge on any atom is -0.457 e. The third-order valence-electron chi connectivity index (χ3n) is 4.96. The molecule has 0 bridgehead atoms. The maximum absolute atomic E-state index is 12.4. The first-order valence-corrected chi connectivity index (χ1v) is 10.3. The smallest absolute Gasteiger partial charge is 0.273 e. The fourth-order valence-electron chi connectivity index (χ4n) is 3.13. The monoisotopic (exact) mass is 412 g/mol.